The number of methoxy groups -OCH3 is 2. The molecular formula is C23H31N3O4. The summed E-state index contributed by atoms with van der Waals surface area (Å²) in [6.45, 7) is 8.23. The number of rotatable bonds is 5. The maximum absolute atomic E-state index is 13.0. The van der Waals surface area contributed by atoms with Gasteiger partial charge in [-0.15, -0.1) is 0 Å². The Kier molecular flexibility index (Phi) is 5.04. The van der Waals surface area contributed by atoms with E-state index in [0.29, 0.717) is 35.0 Å². The quantitative estimate of drug-likeness (QED) is 0.729. The molecular weight excluding hydrogens is 382 g/mol. The summed E-state index contributed by atoms with van der Waals surface area (Å²) in [6.07, 6.45) is 3.44. The summed E-state index contributed by atoms with van der Waals surface area (Å²) in [5.41, 5.74) is 1.97. The second-order valence-electron chi connectivity index (χ2n) is 9.94. The first kappa shape index (κ1) is 20.7. The fourth-order valence-electron chi connectivity index (χ4n) is 5.81. The molecule has 1 saturated carbocycles. The number of anilines is 1. The molecule has 1 saturated heterocycles. The molecule has 1 amide bonds. The van der Waals surface area contributed by atoms with Crippen molar-refractivity contribution in [2.75, 3.05) is 32.6 Å². The number of nitrogens with zero attached hydrogens (tertiary/aromatic N) is 1. The molecule has 2 bridgehead atoms. The van der Waals surface area contributed by atoms with E-state index < -0.39 is 5.97 Å². The smallest absolute Gasteiger partial charge is 0.356 e. The zero-order valence-corrected chi connectivity index (χ0v) is 18.4. The van der Waals surface area contributed by atoms with Crippen molar-refractivity contribution in [1.29, 1.82) is 0 Å². The molecule has 2 N–H and O–H groups in total. The molecule has 1 aliphatic heterocycles. The van der Waals surface area contributed by atoms with Gasteiger partial charge in [-0.05, 0) is 42.2 Å². The van der Waals surface area contributed by atoms with Crippen LogP contribution in [0.2, 0.25) is 0 Å². The van der Waals surface area contributed by atoms with Crippen molar-refractivity contribution in [2.45, 2.75) is 46.1 Å². The maximum Gasteiger partial charge on any atom is 0.356 e. The third-order valence-electron chi connectivity index (χ3n) is 6.53. The van der Waals surface area contributed by atoms with Gasteiger partial charge < -0.3 is 19.8 Å². The Bertz CT molecular complexity index is 996. The Morgan fingerprint density at radius 2 is 2.00 bits per heavy atom. The number of H-pyrrole nitrogens is 1. The van der Waals surface area contributed by atoms with Crippen molar-refractivity contribution in [3.8, 4) is 5.75 Å². The number of esters is 1. The highest BCUT2D eigenvalue weighted by atomic mass is 16.5. The van der Waals surface area contributed by atoms with E-state index in [9.17, 15) is 9.59 Å². The molecule has 1 aromatic carbocycles. The van der Waals surface area contributed by atoms with E-state index in [1.165, 1.54) is 13.5 Å². The van der Waals surface area contributed by atoms with Crippen molar-refractivity contribution in [3.05, 3.63) is 23.9 Å². The van der Waals surface area contributed by atoms with E-state index in [2.05, 4.69) is 36.0 Å². The van der Waals surface area contributed by atoms with Crippen LogP contribution in [0.3, 0.4) is 0 Å². The average molecular weight is 414 g/mol. The van der Waals surface area contributed by atoms with Gasteiger partial charge in [0.05, 0.1) is 32.0 Å². The predicted molar refractivity (Wildman–Crippen MR) is 116 cm³/mol. The fraction of sp³-hybridized carbons (Fsp3) is 0.565. The number of ether oxygens (including phenoxy) is 2. The molecule has 0 spiro atoms. The largest absolute Gasteiger partial charge is 0.497 e. The summed E-state index contributed by atoms with van der Waals surface area (Å²) in [6, 6.07) is 5.86. The highest BCUT2D eigenvalue weighted by molar-refractivity contribution is 6.11. The summed E-state index contributed by atoms with van der Waals surface area (Å²) in [4.78, 5) is 30.7. The van der Waals surface area contributed by atoms with Crippen LogP contribution in [0.25, 0.3) is 10.9 Å². The van der Waals surface area contributed by atoms with E-state index in [-0.39, 0.29) is 17.0 Å². The van der Waals surface area contributed by atoms with Gasteiger partial charge in [0.15, 0.2) is 0 Å². The molecule has 7 heteroatoms. The minimum Gasteiger partial charge on any atom is -0.497 e. The molecule has 2 aromatic rings. The zero-order chi connectivity index (χ0) is 21.7. The molecule has 7 nitrogen and oxygen atoms in total. The van der Waals surface area contributed by atoms with Crippen LogP contribution in [0.5, 0.6) is 5.75 Å². The third kappa shape index (κ3) is 3.78. The molecule has 30 heavy (non-hydrogen) atoms. The van der Waals surface area contributed by atoms with Gasteiger partial charge in [0.1, 0.15) is 11.4 Å². The number of amides is 1. The second kappa shape index (κ2) is 7.30. The molecule has 2 aliphatic rings. The number of likely N-dealkylation sites (tertiary alicyclic amines) is 1. The van der Waals surface area contributed by atoms with Crippen molar-refractivity contribution < 1.29 is 19.1 Å². The highest BCUT2D eigenvalue weighted by Crippen LogP contribution is 2.52. The van der Waals surface area contributed by atoms with Gasteiger partial charge in [-0.2, -0.15) is 0 Å². The number of nitrogens with one attached hydrogen (secondary N) is 2. The standard InChI is InChI=1S/C23H31N3O4/c1-22(2)9-14-10-23(3,12-22)13-26(14)11-18(27)25-19-16-7-6-15(29-4)8-17(16)24-20(19)21(28)30-5/h6-8,14,24H,9-13H2,1-5H3,(H,25,27)/t14-,23-/m0/s1. The lowest BCUT2D eigenvalue weighted by molar-refractivity contribution is -0.117. The minimum absolute atomic E-state index is 0.120. The fourth-order valence-corrected chi connectivity index (χ4v) is 5.81. The van der Waals surface area contributed by atoms with Gasteiger partial charge in [0, 0.05) is 24.0 Å². The Labute approximate surface area is 177 Å². The SMILES string of the molecule is COC(=O)c1[nH]c2cc(OC)ccc2c1NC(=O)CN1C[C@@]2(C)C[C@@H]1CC(C)(C)C2. The van der Waals surface area contributed by atoms with Gasteiger partial charge in [0.2, 0.25) is 5.91 Å². The Morgan fingerprint density at radius 1 is 1.23 bits per heavy atom. The lowest BCUT2D eigenvalue weighted by atomic mass is 9.65. The minimum atomic E-state index is -0.522. The topological polar surface area (TPSA) is 83.7 Å². The number of aromatic amines is 1. The van der Waals surface area contributed by atoms with E-state index in [4.69, 9.17) is 9.47 Å². The molecule has 162 valence electrons. The van der Waals surface area contributed by atoms with Crippen molar-refractivity contribution >= 4 is 28.5 Å². The number of aromatic nitrogens is 1. The number of fused-ring (bicyclic) bond motifs is 3. The third-order valence-corrected chi connectivity index (χ3v) is 6.53. The summed E-state index contributed by atoms with van der Waals surface area (Å²) in [5.74, 6) is 0.0239. The first-order chi connectivity index (χ1) is 14.1. The number of carbonyl (C=O) groups is 2. The highest BCUT2D eigenvalue weighted by Gasteiger charge is 2.49. The van der Waals surface area contributed by atoms with Crippen LogP contribution in [0, 0.1) is 10.8 Å². The molecule has 1 aromatic heterocycles. The van der Waals surface area contributed by atoms with Crippen LogP contribution in [0.4, 0.5) is 5.69 Å². The molecule has 2 fully saturated rings. The summed E-state index contributed by atoms with van der Waals surface area (Å²) in [5, 5.41) is 3.72. The summed E-state index contributed by atoms with van der Waals surface area (Å²) >= 11 is 0. The second-order valence-corrected chi connectivity index (χ2v) is 9.94. The Morgan fingerprint density at radius 3 is 2.70 bits per heavy atom. The lowest BCUT2D eigenvalue weighted by Gasteiger charge is -2.39. The van der Waals surface area contributed by atoms with Crippen molar-refractivity contribution in [1.82, 2.24) is 9.88 Å². The number of hydrogen-bond donors (Lipinski definition) is 2. The van der Waals surface area contributed by atoms with Crippen LogP contribution >= 0.6 is 0 Å². The van der Waals surface area contributed by atoms with Crippen LogP contribution in [0.15, 0.2) is 18.2 Å². The molecule has 4 rings (SSSR count). The lowest BCUT2D eigenvalue weighted by Crippen LogP contribution is -2.38. The van der Waals surface area contributed by atoms with E-state index in [1.54, 1.807) is 19.2 Å². The Hall–Kier alpha value is -2.54. The monoisotopic (exact) mass is 413 g/mol. The van der Waals surface area contributed by atoms with Crippen LogP contribution < -0.4 is 10.1 Å². The van der Waals surface area contributed by atoms with Crippen molar-refractivity contribution in [3.63, 3.8) is 0 Å². The average Bonchev–Trinajstić information content (AvgIpc) is 3.13. The molecule has 2 atom stereocenters. The summed E-state index contributed by atoms with van der Waals surface area (Å²) in [7, 11) is 2.91. The van der Waals surface area contributed by atoms with Gasteiger partial charge in [-0.1, -0.05) is 20.8 Å². The first-order valence-corrected chi connectivity index (χ1v) is 10.4. The van der Waals surface area contributed by atoms with E-state index in [0.717, 1.165) is 24.8 Å². The van der Waals surface area contributed by atoms with Crippen LogP contribution in [0.1, 0.15) is 50.5 Å². The molecule has 2 heterocycles. The molecule has 0 unspecified atom stereocenters. The van der Waals surface area contributed by atoms with Gasteiger partial charge >= 0.3 is 5.97 Å². The van der Waals surface area contributed by atoms with Gasteiger partial charge in [-0.3, -0.25) is 9.69 Å². The van der Waals surface area contributed by atoms with Gasteiger partial charge in [-0.25, -0.2) is 4.79 Å². The van der Waals surface area contributed by atoms with Crippen LogP contribution in [-0.2, 0) is 9.53 Å². The van der Waals surface area contributed by atoms with Crippen molar-refractivity contribution in [2.24, 2.45) is 10.8 Å². The molecule has 1 aliphatic carbocycles. The number of benzene rings is 1. The summed E-state index contributed by atoms with van der Waals surface area (Å²) < 4.78 is 10.2. The zero-order valence-electron chi connectivity index (χ0n) is 18.4. The number of carbonyl (C=O) groups excluding carboxylic acids is 2. The maximum atomic E-state index is 13.0. The Balaban J connectivity index is 1.57. The predicted octanol–water partition coefficient (Wildman–Crippen LogP) is 3.80. The van der Waals surface area contributed by atoms with Gasteiger partial charge in [0.25, 0.3) is 0 Å². The van der Waals surface area contributed by atoms with E-state index >= 15 is 0 Å². The first-order valence-electron chi connectivity index (χ1n) is 10.4. The number of hydrogen-bond acceptors (Lipinski definition) is 5. The van der Waals surface area contributed by atoms with E-state index in [1.807, 2.05) is 6.07 Å². The normalized spacial score (nSPS) is 25.3. The molecule has 0 radical (unpaired) electrons. The van der Waals surface area contributed by atoms with Crippen LogP contribution in [-0.4, -0.2) is 55.1 Å².